The van der Waals surface area contributed by atoms with E-state index < -0.39 is 36.8 Å². The molecule has 264 valence electrons. The number of carbonyl (C=O) groups excluding carboxylic acids is 3. The van der Waals surface area contributed by atoms with Crippen LogP contribution in [-0.4, -0.2) is 74.2 Å². The van der Waals surface area contributed by atoms with Crippen molar-refractivity contribution in [1.82, 2.24) is 30.0 Å². The van der Waals surface area contributed by atoms with Crippen LogP contribution in [0.3, 0.4) is 0 Å². The summed E-state index contributed by atoms with van der Waals surface area (Å²) in [6, 6.07) is 9.56. The highest BCUT2D eigenvalue weighted by Crippen LogP contribution is 2.32. The smallest absolute Gasteiger partial charge is 0.405 e. The predicted octanol–water partition coefficient (Wildman–Crippen LogP) is 5.15. The van der Waals surface area contributed by atoms with Crippen molar-refractivity contribution in [3.8, 4) is 11.5 Å². The number of pyridine rings is 1. The van der Waals surface area contributed by atoms with Crippen LogP contribution in [0, 0.1) is 0 Å². The zero-order chi connectivity index (χ0) is 35.4. The highest BCUT2D eigenvalue weighted by Gasteiger charge is 2.30. The number of alkyl halides is 5. The van der Waals surface area contributed by atoms with E-state index in [1.54, 1.807) is 0 Å². The van der Waals surface area contributed by atoms with Gasteiger partial charge >= 0.3 is 6.18 Å². The summed E-state index contributed by atoms with van der Waals surface area (Å²) in [5.74, 6) is -1.66. The van der Waals surface area contributed by atoms with Gasteiger partial charge in [0.15, 0.2) is 11.4 Å². The number of imide groups is 1. The number of oxazole rings is 1. The van der Waals surface area contributed by atoms with Crippen molar-refractivity contribution < 1.29 is 40.8 Å². The number of aromatic nitrogens is 4. The predicted molar refractivity (Wildman–Crippen MR) is 169 cm³/mol. The topological polar surface area (TPSA) is 159 Å². The van der Waals surface area contributed by atoms with Crippen LogP contribution >= 0.6 is 0 Å². The monoisotopic (exact) mass is 701 g/mol. The van der Waals surface area contributed by atoms with Gasteiger partial charge in [-0.15, -0.1) is 0 Å². The van der Waals surface area contributed by atoms with E-state index >= 15 is 0 Å². The lowest BCUT2D eigenvalue weighted by Gasteiger charge is -2.33. The molecule has 6 rings (SSSR count). The summed E-state index contributed by atoms with van der Waals surface area (Å²) >= 11 is 0. The number of nitrogens with one attached hydrogen (secondary N) is 4. The first-order valence-electron chi connectivity index (χ1n) is 15.7. The number of piperidine rings is 2. The molecule has 2 aliphatic rings. The minimum Gasteiger partial charge on any atom is -0.444 e. The highest BCUT2D eigenvalue weighted by molar-refractivity contribution is 6.03. The molecule has 0 saturated carbocycles. The summed E-state index contributed by atoms with van der Waals surface area (Å²) in [7, 11) is 0. The van der Waals surface area contributed by atoms with Gasteiger partial charge in [0, 0.05) is 49.7 Å². The van der Waals surface area contributed by atoms with Crippen LogP contribution in [0.25, 0.3) is 11.5 Å². The number of halogens is 5. The Morgan fingerprint density at radius 2 is 1.86 bits per heavy atom. The van der Waals surface area contributed by atoms with Crippen LogP contribution in [0.4, 0.5) is 39.1 Å². The van der Waals surface area contributed by atoms with Crippen molar-refractivity contribution in [1.29, 1.82) is 0 Å². The van der Waals surface area contributed by atoms with Crippen LogP contribution in [0.5, 0.6) is 0 Å². The van der Waals surface area contributed by atoms with Crippen molar-refractivity contribution in [2.75, 3.05) is 35.6 Å². The summed E-state index contributed by atoms with van der Waals surface area (Å²) in [5, 5.41) is 14.3. The van der Waals surface area contributed by atoms with Gasteiger partial charge in [-0.05, 0) is 43.0 Å². The number of nitrogens with zero attached hydrogens (tertiary/aromatic N) is 5. The van der Waals surface area contributed by atoms with Crippen LogP contribution in [0.1, 0.15) is 59.9 Å². The van der Waals surface area contributed by atoms with E-state index in [-0.39, 0.29) is 52.9 Å². The van der Waals surface area contributed by atoms with E-state index in [4.69, 9.17) is 4.42 Å². The first-order valence-corrected chi connectivity index (χ1v) is 15.7. The fourth-order valence-corrected chi connectivity index (χ4v) is 5.80. The molecule has 0 aliphatic carbocycles. The summed E-state index contributed by atoms with van der Waals surface area (Å²) < 4.78 is 72.5. The number of likely N-dealkylation sites (tertiary alicyclic amines) is 1. The van der Waals surface area contributed by atoms with Gasteiger partial charge in [0.1, 0.15) is 24.7 Å². The molecule has 1 unspecified atom stereocenters. The Hall–Kier alpha value is -5.39. The maximum Gasteiger partial charge on any atom is 0.405 e. The first kappa shape index (κ1) is 34.5. The van der Waals surface area contributed by atoms with Gasteiger partial charge in [-0.2, -0.15) is 18.3 Å². The zero-order valence-corrected chi connectivity index (χ0v) is 26.3. The van der Waals surface area contributed by atoms with E-state index in [9.17, 15) is 36.3 Å². The molecule has 3 aromatic heterocycles. The van der Waals surface area contributed by atoms with E-state index in [1.807, 2.05) is 24.3 Å². The molecule has 0 radical (unpaired) electrons. The zero-order valence-electron chi connectivity index (χ0n) is 26.3. The Morgan fingerprint density at radius 1 is 1.08 bits per heavy atom. The van der Waals surface area contributed by atoms with Gasteiger partial charge in [0.2, 0.25) is 17.7 Å². The van der Waals surface area contributed by atoms with Crippen molar-refractivity contribution >= 4 is 34.9 Å². The van der Waals surface area contributed by atoms with E-state index in [0.29, 0.717) is 38.9 Å². The first-order chi connectivity index (χ1) is 23.9. The molecule has 0 spiro atoms. The number of anilines is 3. The maximum absolute atomic E-state index is 14.0. The largest absolute Gasteiger partial charge is 0.444 e. The number of hydrogen-bond acceptors (Lipinski definition) is 10. The Kier molecular flexibility index (Phi) is 10.1. The number of carbonyl (C=O) groups is 3. The molecule has 4 aromatic rings. The SMILES string of the molecule is O=C1CCC(Nc2ccccc2CN2CCC(n3cc(NC(=O)c4coc(-c5ccnc(NCC(F)(F)F)c5)n4)c(C(F)F)n3)CC2)C(=O)N1. The maximum atomic E-state index is 14.0. The lowest BCUT2D eigenvalue weighted by Crippen LogP contribution is -2.47. The number of benzene rings is 1. The Bertz CT molecular complexity index is 1850. The highest BCUT2D eigenvalue weighted by atomic mass is 19.4. The average molecular weight is 702 g/mol. The molecule has 13 nitrogen and oxygen atoms in total. The Labute approximate surface area is 281 Å². The lowest BCUT2D eigenvalue weighted by atomic mass is 10.0. The van der Waals surface area contributed by atoms with Gasteiger partial charge in [-0.1, -0.05) is 18.2 Å². The van der Waals surface area contributed by atoms with Crippen molar-refractivity contribution in [3.63, 3.8) is 0 Å². The van der Waals surface area contributed by atoms with Crippen molar-refractivity contribution in [2.24, 2.45) is 0 Å². The second kappa shape index (κ2) is 14.6. The normalized spacial score (nSPS) is 17.5. The van der Waals surface area contributed by atoms with E-state index in [1.165, 1.54) is 29.2 Å². The molecule has 2 aliphatic heterocycles. The Balaban J connectivity index is 1.07. The number of amides is 3. The fourth-order valence-electron chi connectivity index (χ4n) is 5.80. The third-order valence-electron chi connectivity index (χ3n) is 8.34. The minimum absolute atomic E-state index is 0.0847. The lowest BCUT2D eigenvalue weighted by molar-refractivity contribution is -0.133. The van der Waals surface area contributed by atoms with Crippen molar-refractivity contribution in [2.45, 2.75) is 56.9 Å². The van der Waals surface area contributed by atoms with Gasteiger partial charge < -0.3 is 20.4 Å². The molecule has 3 amide bonds. The third-order valence-corrected chi connectivity index (χ3v) is 8.34. The number of hydrogen-bond donors (Lipinski definition) is 4. The summed E-state index contributed by atoms with van der Waals surface area (Å²) in [5.41, 5.74) is 0.972. The third kappa shape index (κ3) is 8.42. The average Bonchev–Trinajstić information content (AvgIpc) is 3.75. The summed E-state index contributed by atoms with van der Waals surface area (Å²) in [4.78, 5) is 46.9. The molecule has 2 saturated heterocycles. The van der Waals surface area contributed by atoms with Gasteiger partial charge in [0.05, 0.1) is 11.7 Å². The molecule has 1 aromatic carbocycles. The van der Waals surface area contributed by atoms with Gasteiger partial charge in [0.25, 0.3) is 12.3 Å². The molecule has 2 fully saturated rings. The summed E-state index contributed by atoms with van der Waals surface area (Å²) in [6.07, 6.45) is -1.97. The number of para-hydroxylation sites is 1. The molecule has 1 atom stereocenters. The van der Waals surface area contributed by atoms with Crippen LogP contribution in [0.15, 0.2) is 59.5 Å². The van der Waals surface area contributed by atoms with Crippen molar-refractivity contribution in [3.05, 3.63) is 72.0 Å². The van der Waals surface area contributed by atoms with E-state index in [2.05, 4.69) is 41.2 Å². The van der Waals surface area contributed by atoms with Gasteiger partial charge in [-0.25, -0.2) is 18.7 Å². The standard InChI is InChI=1S/C32H32F5N9O4/c33-28(34)27-23(41-30(49)24-16-50-31(42-24)18-7-10-38-25(13-18)39-17-32(35,36)37)15-46(44-27)20-8-11-45(12-9-20)14-19-3-1-2-4-21(19)40-22-5-6-26(47)43-29(22)48/h1-4,7,10,13,15-16,20,22,28,40H,5-6,8-9,11-12,14,17H2,(H,38,39)(H,41,49)(H,43,47,48). The second-order valence-electron chi connectivity index (χ2n) is 11.9. The Morgan fingerprint density at radius 3 is 2.60 bits per heavy atom. The minimum atomic E-state index is -4.46. The summed E-state index contributed by atoms with van der Waals surface area (Å²) in [6.45, 7) is 0.541. The molecule has 4 N–H and O–H groups in total. The van der Waals surface area contributed by atoms with E-state index in [0.717, 1.165) is 17.5 Å². The molecular weight excluding hydrogens is 669 g/mol. The number of rotatable bonds is 11. The molecule has 18 heteroatoms. The van der Waals surface area contributed by atoms with Crippen LogP contribution in [-0.2, 0) is 16.1 Å². The van der Waals surface area contributed by atoms with Gasteiger partial charge in [-0.3, -0.25) is 29.3 Å². The second-order valence-corrected chi connectivity index (χ2v) is 11.9. The molecule has 5 heterocycles. The molecule has 50 heavy (non-hydrogen) atoms. The quantitative estimate of drug-likeness (QED) is 0.122. The van der Waals surface area contributed by atoms with Crippen LogP contribution < -0.4 is 21.3 Å². The molecular formula is C32H32F5N9O4. The molecule has 0 bridgehead atoms. The van der Waals surface area contributed by atoms with Crippen LogP contribution in [0.2, 0.25) is 0 Å². The fraction of sp³-hybridized carbons (Fsp3) is 0.375.